The molecule has 178 valence electrons. The first kappa shape index (κ1) is 23.3. The normalized spacial score (nSPS) is 14.3. The van der Waals surface area contributed by atoms with Gasteiger partial charge >= 0.3 is 0 Å². The van der Waals surface area contributed by atoms with E-state index in [1.807, 2.05) is 41.3 Å². The number of carbonyl (C=O) groups excluding carboxylic acids is 1. The fraction of sp³-hybridized carbons (Fsp3) is 0.214. The lowest BCUT2D eigenvalue weighted by atomic mass is 10.1. The van der Waals surface area contributed by atoms with Crippen molar-refractivity contribution < 1.29 is 9.18 Å². The summed E-state index contributed by atoms with van der Waals surface area (Å²) in [7, 11) is 0. The molecule has 0 spiro atoms. The highest BCUT2D eigenvalue weighted by Crippen LogP contribution is 2.29. The third kappa shape index (κ3) is 5.63. The minimum atomic E-state index is -0.446. The molecular formula is C28H27FN4OS. The van der Waals surface area contributed by atoms with Crippen LogP contribution in [0.4, 0.5) is 10.1 Å². The van der Waals surface area contributed by atoms with E-state index < -0.39 is 5.82 Å². The summed E-state index contributed by atoms with van der Waals surface area (Å²) in [6, 6.07) is 24.9. The van der Waals surface area contributed by atoms with E-state index in [-0.39, 0.29) is 5.91 Å². The predicted molar refractivity (Wildman–Crippen MR) is 140 cm³/mol. The lowest BCUT2D eigenvalue weighted by molar-refractivity contribution is 0.0638. The van der Waals surface area contributed by atoms with Gasteiger partial charge in [-0.3, -0.25) is 14.7 Å². The number of hydrogen-bond donors (Lipinski definition) is 1. The molecule has 5 rings (SSSR count). The van der Waals surface area contributed by atoms with Gasteiger partial charge < -0.3 is 9.62 Å². The lowest BCUT2D eigenvalue weighted by Crippen LogP contribution is -2.49. The molecule has 1 N–H and O–H groups in total. The number of para-hydroxylation sites is 1. The van der Waals surface area contributed by atoms with Crippen LogP contribution in [0.15, 0.2) is 90.0 Å². The monoisotopic (exact) mass is 486 g/mol. The molecule has 1 aliphatic heterocycles. The Morgan fingerprint density at radius 1 is 0.943 bits per heavy atom. The fourth-order valence-corrected chi connectivity index (χ4v) is 5.09. The summed E-state index contributed by atoms with van der Waals surface area (Å²) >= 11 is 1.31. The number of nitrogens with zero attached hydrogens (tertiary/aromatic N) is 3. The molecule has 1 aliphatic rings. The molecule has 1 saturated heterocycles. The van der Waals surface area contributed by atoms with E-state index in [9.17, 15) is 9.18 Å². The van der Waals surface area contributed by atoms with Crippen LogP contribution in [0, 0.1) is 5.82 Å². The number of aromatic nitrogens is 1. The molecule has 0 atom stereocenters. The third-order valence-corrected chi connectivity index (χ3v) is 7.17. The van der Waals surface area contributed by atoms with Crippen molar-refractivity contribution in [2.45, 2.75) is 11.3 Å². The van der Waals surface area contributed by atoms with Gasteiger partial charge in [0, 0.05) is 49.9 Å². The maximum absolute atomic E-state index is 14.8. The number of carbonyl (C=O) groups is 1. The average molecular weight is 487 g/mol. The fourth-order valence-electron chi connectivity index (χ4n) is 4.29. The van der Waals surface area contributed by atoms with E-state index in [1.165, 1.54) is 23.6 Å². The summed E-state index contributed by atoms with van der Waals surface area (Å²) in [5.74, 6) is -0.567. The second kappa shape index (κ2) is 10.9. The van der Waals surface area contributed by atoms with Crippen LogP contribution in [0.25, 0.3) is 10.9 Å². The van der Waals surface area contributed by atoms with E-state index >= 15 is 0 Å². The summed E-state index contributed by atoms with van der Waals surface area (Å²) in [5, 5.41) is 1.03. The standard InChI is InChI=1S/C28H27FN4OS/c29-24-20-23(11-12-25(24)31-35-26-10-4-8-22-9-5-14-30-27(22)26)28(34)33-18-16-32(17-19-33)15-13-21-6-2-1-3-7-21/h1-12,14,20,31H,13,15-19H2. The van der Waals surface area contributed by atoms with Crippen molar-refractivity contribution in [1.82, 2.24) is 14.8 Å². The van der Waals surface area contributed by atoms with Gasteiger partial charge in [0.1, 0.15) is 5.82 Å². The van der Waals surface area contributed by atoms with Crippen molar-refractivity contribution in [1.29, 1.82) is 0 Å². The quantitative estimate of drug-likeness (QED) is 0.350. The molecule has 35 heavy (non-hydrogen) atoms. The maximum Gasteiger partial charge on any atom is 0.254 e. The minimum absolute atomic E-state index is 0.121. The number of piperazine rings is 1. The van der Waals surface area contributed by atoms with E-state index in [2.05, 4.69) is 38.9 Å². The van der Waals surface area contributed by atoms with Gasteiger partial charge in [0.2, 0.25) is 0 Å². The van der Waals surface area contributed by atoms with Crippen LogP contribution in [0.1, 0.15) is 15.9 Å². The largest absolute Gasteiger partial charge is 0.336 e. The van der Waals surface area contributed by atoms with E-state index in [4.69, 9.17) is 0 Å². The second-order valence-electron chi connectivity index (χ2n) is 8.60. The number of rotatable bonds is 7. The Balaban J connectivity index is 1.16. The highest BCUT2D eigenvalue weighted by Gasteiger charge is 2.22. The molecule has 3 aromatic carbocycles. The van der Waals surface area contributed by atoms with Crippen LogP contribution in [0.5, 0.6) is 0 Å². The first-order valence-electron chi connectivity index (χ1n) is 11.8. The smallest absolute Gasteiger partial charge is 0.254 e. The number of amides is 1. The molecule has 5 nitrogen and oxygen atoms in total. The molecule has 1 fully saturated rings. The molecule has 7 heteroatoms. The van der Waals surface area contributed by atoms with Crippen molar-refractivity contribution in [2.75, 3.05) is 37.4 Å². The number of fused-ring (bicyclic) bond motifs is 1. The van der Waals surface area contributed by atoms with Crippen LogP contribution >= 0.6 is 11.9 Å². The number of nitrogens with one attached hydrogen (secondary N) is 1. The van der Waals surface area contributed by atoms with Gasteiger partial charge in [-0.25, -0.2) is 4.39 Å². The van der Waals surface area contributed by atoms with Crippen molar-refractivity contribution in [3.05, 3.63) is 102 Å². The Bertz CT molecular complexity index is 1300. The minimum Gasteiger partial charge on any atom is -0.336 e. The van der Waals surface area contributed by atoms with Gasteiger partial charge in [-0.15, -0.1) is 0 Å². The SMILES string of the molecule is O=C(c1ccc(NSc2cccc3cccnc23)c(F)c1)N1CCN(CCc2ccccc2)CC1. The molecule has 2 heterocycles. The van der Waals surface area contributed by atoms with Gasteiger partial charge in [-0.1, -0.05) is 48.5 Å². The molecule has 0 unspecified atom stereocenters. The summed E-state index contributed by atoms with van der Waals surface area (Å²) in [6.45, 7) is 3.94. The first-order valence-corrected chi connectivity index (χ1v) is 12.6. The van der Waals surface area contributed by atoms with E-state index in [0.29, 0.717) is 24.3 Å². The predicted octanol–water partition coefficient (Wildman–Crippen LogP) is 5.49. The van der Waals surface area contributed by atoms with Gasteiger partial charge in [0.15, 0.2) is 0 Å². The van der Waals surface area contributed by atoms with Crippen molar-refractivity contribution >= 4 is 34.4 Å². The molecule has 1 aromatic heterocycles. The van der Waals surface area contributed by atoms with Gasteiger partial charge in [0.05, 0.1) is 16.1 Å². The zero-order valence-electron chi connectivity index (χ0n) is 19.4. The molecule has 0 aliphatic carbocycles. The second-order valence-corrected chi connectivity index (χ2v) is 9.45. The van der Waals surface area contributed by atoms with Gasteiger partial charge in [-0.2, -0.15) is 0 Å². The Morgan fingerprint density at radius 3 is 2.54 bits per heavy atom. The molecule has 0 saturated carbocycles. The van der Waals surface area contributed by atoms with Crippen LogP contribution in [-0.4, -0.2) is 53.4 Å². The first-order chi connectivity index (χ1) is 17.2. The third-order valence-electron chi connectivity index (χ3n) is 6.30. The maximum atomic E-state index is 14.8. The lowest BCUT2D eigenvalue weighted by Gasteiger charge is -2.34. The summed E-state index contributed by atoms with van der Waals surface area (Å²) in [6.07, 6.45) is 2.75. The number of anilines is 1. The zero-order chi connectivity index (χ0) is 24.0. The Kier molecular flexibility index (Phi) is 7.25. The Labute approximate surface area is 209 Å². The van der Waals surface area contributed by atoms with E-state index in [0.717, 1.165) is 41.9 Å². The van der Waals surface area contributed by atoms with Crippen molar-refractivity contribution in [3.63, 3.8) is 0 Å². The number of benzene rings is 3. The van der Waals surface area contributed by atoms with Crippen LogP contribution in [0.3, 0.4) is 0 Å². The Hall–Kier alpha value is -3.42. The summed E-state index contributed by atoms with van der Waals surface area (Å²) in [4.78, 5) is 22.5. The molecule has 0 bridgehead atoms. The molecule has 1 amide bonds. The van der Waals surface area contributed by atoms with Crippen molar-refractivity contribution in [3.8, 4) is 0 Å². The average Bonchev–Trinajstić information content (AvgIpc) is 2.91. The van der Waals surface area contributed by atoms with Gasteiger partial charge in [0.25, 0.3) is 5.91 Å². The zero-order valence-corrected chi connectivity index (χ0v) is 20.2. The molecular weight excluding hydrogens is 459 g/mol. The Morgan fingerprint density at radius 2 is 1.74 bits per heavy atom. The van der Waals surface area contributed by atoms with Crippen LogP contribution in [0.2, 0.25) is 0 Å². The van der Waals surface area contributed by atoms with Gasteiger partial charge in [-0.05, 0) is 54.3 Å². The van der Waals surface area contributed by atoms with Crippen molar-refractivity contribution in [2.24, 2.45) is 0 Å². The van der Waals surface area contributed by atoms with E-state index in [1.54, 1.807) is 18.3 Å². The van der Waals surface area contributed by atoms with Crippen LogP contribution in [-0.2, 0) is 6.42 Å². The number of hydrogen-bond acceptors (Lipinski definition) is 5. The highest BCUT2D eigenvalue weighted by atomic mass is 32.2. The molecule has 4 aromatic rings. The summed E-state index contributed by atoms with van der Waals surface area (Å²) < 4.78 is 17.9. The summed E-state index contributed by atoms with van der Waals surface area (Å²) in [5.41, 5.74) is 2.90. The molecule has 0 radical (unpaired) electrons. The highest BCUT2D eigenvalue weighted by molar-refractivity contribution is 8.00. The topological polar surface area (TPSA) is 48.5 Å². The van der Waals surface area contributed by atoms with Crippen LogP contribution < -0.4 is 4.72 Å². The number of halogens is 1. The number of pyridine rings is 1.